The van der Waals surface area contributed by atoms with Crippen LogP contribution < -0.4 is 10.2 Å². The van der Waals surface area contributed by atoms with Crippen LogP contribution in [0.2, 0.25) is 0 Å². The van der Waals surface area contributed by atoms with E-state index in [2.05, 4.69) is 63.3 Å². The molecule has 0 amide bonds. The molecule has 2 aromatic heterocycles. The molecular formula is C30H36FN5O. The van der Waals surface area contributed by atoms with E-state index in [4.69, 9.17) is 9.72 Å². The van der Waals surface area contributed by atoms with Gasteiger partial charge in [-0.3, -0.25) is 0 Å². The molecule has 0 unspecified atom stereocenters. The number of halogens is 1. The fraction of sp³-hybridized carbons (Fsp3) is 0.367. The second-order valence-electron chi connectivity index (χ2n) is 10.0. The van der Waals surface area contributed by atoms with Crippen molar-refractivity contribution in [2.24, 2.45) is 0 Å². The molecule has 0 atom stereocenters. The van der Waals surface area contributed by atoms with Crippen molar-refractivity contribution in [3.8, 4) is 16.9 Å². The highest BCUT2D eigenvalue weighted by Crippen LogP contribution is 2.30. The monoisotopic (exact) mass is 501 g/mol. The Morgan fingerprint density at radius 3 is 2.59 bits per heavy atom. The molecule has 6 nitrogen and oxygen atoms in total. The van der Waals surface area contributed by atoms with Gasteiger partial charge in [-0.25, -0.2) is 9.37 Å². The number of rotatable bonds is 8. The van der Waals surface area contributed by atoms with Crippen molar-refractivity contribution in [1.29, 1.82) is 0 Å². The van der Waals surface area contributed by atoms with Crippen LogP contribution in [0.3, 0.4) is 0 Å². The molecule has 7 heteroatoms. The summed E-state index contributed by atoms with van der Waals surface area (Å²) in [6.07, 6.45) is 5.32. The SMILES string of the molecule is CNc1ccc(-c2ccc3c(CCN(C)C4CCOCC4)cn(-c4cccc(N(C)C)c4)c3n2)cc1F. The number of nitrogens with one attached hydrogen (secondary N) is 1. The number of aromatic nitrogens is 2. The topological polar surface area (TPSA) is 45.6 Å². The summed E-state index contributed by atoms with van der Waals surface area (Å²) in [5, 5.41) is 4.02. The predicted octanol–water partition coefficient (Wildman–Crippen LogP) is 5.59. The van der Waals surface area contributed by atoms with Gasteiger partial charge in [0.25, 0.3) is 0 Å². The quantitative estimate of drug-likeness (QED) is 0.341. The van der Waals surface area contributed by atoms with E-state index in [1.807, 2.05) is 26.2 Å². The molecule has 1 saturated heterocycles. The van der Waals surface area contributed by atoms with Crippen LogP contribution in [0.15, 0.2) is 60.8 Å². The lowest BCUT2D eigenvalue weighted by Gasteiger charge is -2.31. The van der Waals surface area contributed by atoms with Gasteiger partial charge in [-0.1, -0.05) is 12.1 Å². The summed E-state index contributed by atoms with van der Waals surface area (Å²) in [5.74, 6) is -0.284. The summed E-state index contributed by atoms with van der Waals surface area (Å²) in [5.41, 5.74) is 6.32. The number of anilines is 2. The maximum atomic E-state index is 14.5. The molecule has 1 aliphatic rings. The molecule has 5 rings (SSSR count). The zero-order valence-electron chi connectivity index (χ0n) is 22.2. The molecule has 0 spiro atoms. The summed E-state index contributed by atoms with van der Waals surface area (Å²) in [6.45, 7) is 2.66. The summed E-state index contributed by atoms with van der Waals surface area (Å²) in [6, 6.07) is 18.4. The maximum Gasteiger partial charge on any atom is 0.146 e. The third-order valence-electron chi connectivity index (χ3n) is 7.44. The van der Waals surface area contributed by atoms with Crippen LogP contribution in [0.5, 0.6) is 0 Å². The minimum Gasteiger partial charge on any atom is -0.386 e. The summed E-state index contributed by atoms with van der Waals surface area (Å²) < 4.78 is 22.3. The Labute approximate surface area is 218 Å². The Bertz CT molecular complexity index is 1380. The van der Waals surface area contributed by atoms with E-state index >= 15 is 0 Å². The fourth-order valence-electron chi connectivity index (χ4n) is 5.13. The van der Waals surface area contributed by atoms with Crippen LogP contribution in [-0.2, 0) is 11.2 Å². The average Bonchev–Trinajstić information content (AvgIpc) is 3.30. The number of nitrogens with zero attached hydrogens (tertiary/aromatic N) is 4. The van der Waals surface area contributed by atoms with Gasteiger partial charge in [0, 0.05) is 75.5 Å². The molecule has 194 valence electrons. The molecule has 4 aromatic rings. The first-order chi connectivity index (χ1) is 17.9. The number of fused-ring (bicyclic) bond motifs is 1. The highest BCUT2D eigenvalue weighted by atomic mass is 19.1. The molecule has 0 saturated carbocycles. The lowest BCUT2D eigenvalue weighted by atomic mass is 10.1. The van der Waals surface area contributed by atoms with E-state index in [0.717, 1.165) is 72.7 Å². The molecule has 1 fully saturated rings. The van der Waals surface area contributed by atoms with Crippen molar-refractivity contribution < 1.29 is 9.13 Å². The Morgan fingerprint density at radius 2 is 1.86 bits per heavy atom. The third-order valence-corrected chi connectivity index (χ3v) is 7.44. The van der Waals surface area contributed by atoms with E-state index in [0.29, 0.717) is 11.7 Å². The summed E-state index contributed by atoms with van der Waals surface area (Å²) >= 11 is 0. The van der Waals surface area contributed by atoms with Gasteiger partial charge in [-0.2, -0.15) is 0 Å². The molecule has 37 heavy (non-hydrogen) atoms. The molecule has 3 heterocycles. The maximum absolute atomic E-state index is 14.5. The van der Waals surface area contributed by atoms with E-state index in [1.165, 1.54) is 5.56 Å². The number of hydrogen-bond acceptors (Lipinski definition) is 5. The van der Waals surface area contributed by atoms with Crippen LogP contribution in [0, 0.1) is 5.82 Å². The minimum atomic E-state index is -0.284. The summed E-state index contributed by atoms with van der Waals surface area (Å²) in [4.78, 5) is 9.63. The minimum absolute atomic E-state index is 0.284. The molecule has 1 N–H and O–H groups in total. The molecule has 2 aromatic carbocycles. The first kappa shape index (κ1) is 25.2. The van der Waals surface area contributed by atoms with E-state index < -0.39 is 0 Å². The number of ether oxygens (including phenoxy) is 1. The molecule has 0 bridgehead atoms. The molecular weight excluding hydrogens is 465 g/mol. The van der Waals surface area contributed by atoms with Crippen molar-refractivity contribution >= 4 is 22.4 Å². The second-order valence-corrected chi connectivity index (χ2v) is 10.0. The van der Waals surface area contributed by atoms with Gasteiger partial charge in [0.15, 0.2) is 0 Å². The van der Waals surface area contributed by atoms with Gasteiger partial charge >= 0.3 is 0 Å². The molecule has 0 radical (unpaired) electrons. The lowest BCUT2D eigenvalue weighted by Crippen LogP contribution is -2.37. The highest BCUT2D eigenvalue weighted by molar-refractivity contribution is 5.85. The predicted molar refractivity (Wildman–Crippen MR) is 151 cm³/mol. The normalized spacial score (nSPS) is 14.4. The number of hydrogen-bond donors (Lipinski definition) is 1. The van der Waals surface area contributed by atoms with Crippen LogP contribution in [0.1, 0.15) is 18.4 Å². The van der Waals surface area contributed by atoms with E-state index in [-0.39, 0.29) is 5.82 Å². The van der Waals surface area contributed by atoms with Crippen molar-refractivity contribution in [2.45, 2.75) is 25.3 Å². The van der Waals surface area contributed by atoms with Gasteiger partial charge in [-0.15, -0.1) is 0 Å². The Balaban J connectivity index is 1.54. The zero-order valence-corrected chi connectivity index (χ0v) is 22.2. The van der Waals surface area contributed by atoms with Crippen LogP contribution in [0.25, 0.3) is 28.0 Å². The van der Waals surface area contributed by atoms with Crippen LogP contribution in [-0.4, -0.2) is 68.4 Å². The van der Waals surface area contributed by atoms with Crippen molar-refractivity contribution in [3.05, 3.63) is 72.2 Å². The van der Waals surface area contributed by atoms with Gasteiger partial charge in [0.2, 0.25) is 0 Å². The largest absolute Gasteiger partial charge is 0.386 e. The van der Waals surface area contributed by atoms with Crippen LogP contribution in [0.4, 0.5) is 15.8 Å². The number of benzene rings is 2. The van der Waals surface area contributed by atoms with Crippen molar-refractivity contribution in [3.63, 3.8) is 0 Å². The Hall–Kier alpha value is -3.42. The number of pyridine rings is 1. The van der Waals surface area contributed by atoms with Gasteiger partial charge < -0.3 is 24.4 Å². The first-order valence-corrected chi connectivity index (χ1v) is 13.0. The smallest absolute Gasteiger partial charge is 0.146 e. The first-order valence-electron chi connectivity index (χ1n) is 13.0. The fourth-order valence-corrected chi connectivity index (χ4v) is 5.13. The second kappa shape index (κ2) is 10.9. The van der Waals surface area contributed by atoms with Crippen LogP contribution >= 0.6 is 0 Å². The third kappa shape index (κ3) is 5.33. The van der Waals surface area contributed by atoms with Crippen molar-refractivity contribution in [2.75, 3.05) is 58.2 Å². The average molecular weight is 502 g/mol. The lowest BCUT2D eigenvalue weighted by molar-refractivity contribution is 0.0434. The van der Waals surface area contributed by atoms with Gasteiger partial charge in [0.05, 0.1) is 11.4 Å². The highest BCUT2D eigenvalue weighted by Gasteiger charge is 2.20. The van der Waals surface area contributed by atoms with Crippen molar-refractivity contribution in [1.82, 2.24) is 14.5 Å². The zero-order chi connectivity index (χ0) is 25.9. The summed E-state index contributed by atoms with van der Waals surface area (Å²) in [7, 11) is 8.03. The van der Waals surface area contributed by atoms with E-state index in [1.54, 1.807) is 19.2 Å². The standard InChI is InChI=1S/C30H36FN5O/c1-32-29-10-8-21(18-27(29)31)28-11-9-26-22(12-15-35(4)23-13-16-37-17-14-23)20-36(30(26)33-28)25-7-5-6-24(19-25)34(2)3/h5-11,18-20,23,32H,12-17H2,1-4H3. The molecule has 0 aliphatic carbocycles. The van der Waals surface area contributed by atoms with Gasteiger partial charge in [0.1, 0.15) is 11.5 Å². The van der Waals surface area contributed by atoms with Gasteiger partial charge in [-0.05, 0) is 74.3 Å². The Kier molecular flexibility index (Phi) is 7.44. The Morgan fingerprint density at radius 1 is 1.05 bits per heavy atom. The molecule has 1 aliphatic heterocycles. The number of likely N-dealkylation sites (N-methyl/N-ethyl adjacent to an activating group) is 1. The van der Waals surface area contributed by atoms with E-state index in [9.17, 15) is 4.39 Å².